The molecule has 6 heteroatoms. The molecular weight excluding hydrogens is 244 g/mol. The molecule has 19 heavy (non-hydrogen) atoms. The topological polar surface area (TPSA) is 64.7 Å². The Labute approximate surface area is 115 Å². The molecular formula is C13H26N4O2. The highest BCUT2D eigenvalue weighted by Crippen LogP contribution is 1.98. The molecule has 0 aromatic carbocycles. The quantitative estimate of drug-likeness (QED) is 0.658. The number of carbonyl (C=O) groups excluding carboxylic acids is 2. The number of amides is 2. The van der Waals surface area contributed by atoms with Gasteiger partial charge < -0.3 is 15.1 Å². The lowest BCUT2D eigenvalue weighted by atomic mass is 10.2. The third-order valence-electron chi connectivity index (χ3n) is 3.13. The SMILES string of the molecule is CC(C)CNC(=O)CNCC(=O)N1CCN(C)CC1. The Hall–Kier alpha value is -1.14. The van der Waals surface area contributed by atoms with Crippen molar-refractivity contribution in [2.24, 2.45) is 5.92 Å². The van der Waals surface area contributed by atoms with E-state index in [0.717, 1.165) is 26.2 Å². The fourth-order valence-corrected chi connectivity index (χ4v) is 1.83. The first-order valence-electron chi connectivity index (χ1n) is 6.92. The zero-order chi connectivity index (χ0) is 14.3. The molecule has 0 saturated carbocycles. The van der Waals surface area contributed by atoms with Crippen LogP contribution < -0.4 is 10.6 Å². The fraction of sp³-hybridized carbons (Fsp3) is 0.846. The van der Waals surface area contributed by atoms with E-state index >= 15 is 0 Å². The predicted octanol–water partition coefficient (Wildman–Crippen LogP) is -0.878. The molecule has 2 amide bonds. The van der Waals surface area contributed by atoms with Crippen molar-refractivity contribution in [1.82, 2.24) is 20.4 Å². The maximum absolute atomic E-state index is 11.9. The fourth-order valence-electron chi connectivity index (χ4n) is 1.83. The molecule has 1 aliphatic heterocycles. The van der Waals surface area contributed by atoms with Crippen LogP contribution in [-0.2, 0) is 9.59 Å². The highest BCUT2D eigenvalue weighted by Gasteiger charge is 2.18. The van der Waals surface area contributed by atoms with E-state index < -0.39 is 0 Å². The molecule has 0 bridgehead atoms. The minimum atomic E-state index is -0.0557. The van der Waals surface area contributed by atoms with Crippen molar-refractivity contribution in [1.29, 1.82) is 0 Å². The molecule has 0 spiro atoms. The Balaban J connectivity index is 2.11. The number of carbonyl (C=O) groups is 2. The zero-order valence-corrected chi connectivity index (χ0v) is 12.2. The molecule has 0 aromatic heterocycles. The normalized spacial score (nSPS) is 16.7. The smallest absolute Gasteiger partial charge is 0.236 e. The standard InChI is InChI=1S/C13H26N4O2/c1-11(2)8-15-12(18)9-14-10-13(19)17-6-4-16(3)5-7-17/h11,14H,4-10H2,1-3H3,(H,15,18). The van der Waals surface area contributed by atoms with Gasteiger partial charge in [-0.1, -0.05) is 13.8 Å². The number of piperazine rings is 1. The number of rotatable bonds is 6. The monoisotopic (exact) mass is 270 g/mol. The van der Waals surface area contributed by atoms with Crippen molar-refractivity contribution in [2.45, 2.75) is 13.8 Å². The van der Waals surface area contributed by atoms with Gasteiger partial charge in [0.2, 0.25) is 11.8 Å². The maximum Gasteiger partial charge on any atom is 0.236 e. The predicted molar refractivity (Wildman–Crippen MR) is 74.8 cm³/mol. The molecule has 0 atom stereocenters. The largest absolute Gasteiger partial charge is 0.355 e. The average molecular weight is 270 g/mol. The summed E-state index contributed by atoms with van der Waals surface area (Å²) >= 11 is 0. The third kappa shape index (κ3) is 6.54. The molecule has 1 heterocycles. The summed E-state index contributed by atoms with van der Waals surface area (Å²) in [5, 5.41) is 5.71. The molecule has 1 fully saturated rings. The Morgan fingerprint density at radius 1 is 1.11 bits per heavy atom. The van der Waals surface area contributed by atoms with Crippen LogP contribution in [0.2, 0.25) is 0 Å². The van der Waals surface area contributed by atoms with Gasteiger partial charge in [-0.3, -0.25) is 14.9 Å². The number of nitrogens with one attached hydrogen (secondary N) is 2. The van der Waals surface area contributed by atoms with E-state index in [9.17, 15) is 9.59 Å². The van der Waals surface area contributed by atoms with Gasteiger partial charge in [-0.2, -0.15) is 0 Å². The molecule has 0 radical (unpaired) electrons. The first-order chi connectivity index (χ1) is 8.99. The van der Waals surface area contributed by atoms with Crippen LogP contribution in [0.25, 0.3) is 0 Å². The van der Waals surface area contributed by atoms with Crippen molar-refractivity contribution in [3.63, 3.8) is 0 Å². The van der Waals surface area contributed by atoms with Crippen LogP contribution >= 0.6 is 0 Å². The zero-order valence-electron chi connectivity index (χ0n) is 12.2. The minimum Gasteiger partial charge on any atom is -0.355 e. The van der Waals surface area contributed by atoms with Gasteiger partial charge in [0, 0.05) is 32.7 Å². The lowest BCUT2D eigenvalue weighted by Crippen LogP contribution is -2.50. The summed E-state index contributed by atoms with van der Waals surface area (Å²) in [5.74, 6) is 0.459. The summed E-state index contributed by atoms with van der Waals surface area (Å²) in [5.41, 5.74) is 0. The number of hydrogen-bond donors (Lipinski definition) is 2. The lowest BCUT2D eigenvalue weighted by Gasteiger charge is -2.32. The summed E-state index contributed by atoms with van der Waals surface area (Å²) in [6, 6.07) is 0. The first-order valence-corrected chi connectivity index (χ1v) is 6.92. The number of likely N-dealkylation sites (N-methyl/N-ethyl adjacent to an activating group) is 1. The van der Waals surface area contributed by atoms with Crippen LogP contribution in [0.1, 0.15) is 13.8 Å². The highest BCUT2D eigenvalue weighted by molar-refractivity contribution is 5.81. The van der Waals surface area contributed by atoms with E-state index in [-0.39, 0.29) is 24.9 Å². The van der Waals surface area contributed by atoms with Crippen molar-refractivity contribution < 1.29 is 9.59 Å². The van der Waals surface area contributed by atoms with Gasteiger partial charge in [0.1, 0.15) is 0 Å². The molecule has 1 saturated heterocycles. The summed E-state index contributed by atoms with van der Waals surface area (Å²) in [6.45, 7) is 8.58. The van der Waals surface area contributed by atoms with E-state index in [2.05, 4.69) is 22.6 Å². The average Bonchev–Trinajstić information content (AvgIpc) is 2.37. The van der Waals surface area contributed by atoms with Gasteiger partial charge in [-0.25, -0.2) is 0 Å². The van der Waals surface area contributed by atoms with E-state index in [4.69, 9.17) is 0 Å². The van der Waals surface area contributed by atoms with Crippen molar-refractivity contribution in [3.8, 4) is 0 Å². The second-order valence-corrected chi connectivity index (χ2v) is 5.49. The van der Waals surface area contributed by atoms with Crippen LogP contribution in [0.3, 0.4) is 0 Å². The van der Waals surface area contributed by atoms with Gasteiger partial charge in [0.15, 0.2) is 0 Å². The molecule has 110 valence electrons. The van der Waals surface area contributed by atoms with Crippen LogP contribution in [0.15, 0.2) is 0 Å². The molecule has 0 unspecified atom stereocenters. The second-order valence-electron chi connectivity index (χ2n) is 5.49. The molecule has 0 aromatic rings. The van der Waals surface area contributed by atoms with Crippen molar-refractivity contribution in [3.05, 3.63) is 0 Å². The number of hydrogen-bond acceptors (Lipinski definition) is 4. The Bertz CT molecular complexity index is 299. The summed E-state index contributed by atoms with van der Waals surface area (Å²) in [4.78, 5) is 27.4. The third-order valence-corrected chi connectivity index (χ3v) is 3.13. The Kier molecular flexibility index (Phi) is 6.80. The molecule has 1 aliphatic rings. The van der Waals surface area contributed by atoms with Crippen molar-refractivity contribution in [2.75, 3.05) is 52.9 Å². The maximum atomic E-state index is 11.9. The number of nitrogens with zero attached hydrogens (tertiary/aromatic N) is 2. The minimum absolute atomic E-state index is 0.0557. The summed E-state index contributed by atoms with van der Waals surface area (Å²) in [7, 11) is 2.05. The van der Waals surface area contributed by atoms with Crippen LogP contribution in [0.5, 0.6) is 0 Å². The van der Waals surface area contributed by atoms with Gasteiger partial charge in [-0.05, 0) is 13.0 Å². The molecule has 1 rings (SSSR count). The molecule has 2 N–H and O–H groups in total. The summed E-state index contributed by atoms with van der Waals surface area (Å²) < 4.78 is 0. The Morgan fingerprint density at radius 3 is 2.32 bits per heavy atom. The lowest BCUT2D eigenvalue weighted by molar-refractivity contribution is -0.131. The molecule has 6 nitrogen and oxygen atoms in total. The highest BCUT2D eigenvalue weighted by atomic mass is 16.2. The first kappa shape index (κ1) is 15.9. The van der Waals surface area contributed by atoms with Gasteiger partial charge >= 0.3 is 0 Å². The van der Waals surface area contributed by atoms with Crippen LogP contribution in [-0.4, -0.2) is 74.5 Å². The summed E-state index contributed by atoms with van der Waals surface area (Å²) in [6.07, 6.45) is 0. The molecule has 0 aliphatic carbocycles. The van der Waals surface area contributed by atoms with Gasteiger partial charge in [0.25, 0.3) is 0 Å². The van der Waals surface area contributed by atoms with Crippen LogP contribution in [0.4, 0.5) is 0 Å². The van der Waals surface area contributed by atoms with E-state index in [0.29, 0.717) is 12.5 Å². The Morgan fingerprint density at radius 2 is 1.74 bits per heavy atom. The van der Waals surface area contributed by atoms with Crippen molar-refractivity contribution >= 4 is 11.8 Å². The van der Waals surface area contributed by atoms with E-state index in [1.807, 2.05) is 18.7 Å². The van der Waals surface area contributed by atoms with Crippen LogP contribution in [0, 0.1) is 5.92 Å². The second kappa shape index (κ2) is 8.12. The van der Waals surface area contributed by atoms with Gasteiger partial charge in [-0.15, -0.1) is 0 Å². The van der Waals surface area contributed by atoms with E-state index in [1.165, 1.54) is 0 Å². The van der Waals surface area contributed by atoms with E-state index in [1.54, 1.807) is 0 Å². The van der Waals surface area contributed by atoms with Gasteiger partial charge in [0.05, 0.1) is 13.1 Å².